The number of anilines is 1. The Kier molecular flexibility index (Phi) is 4.80. The summed E-state index contributed by atoms with van der Waals surface area (Å²) in [4.78, 5) is 1.33. The minimum absolute atomic E-state index is 0.786. The summed E-state index contributed by atoms with van der Waals surface area (Å²) in [5, 5.41) is 0.786. The molecule has 0 radical (unpaired) electrons. The van der Waals surface area contributed by atoms with Crippen LogP contribution in [-0.4, -0.2) is 5.25 Å². The topological polar surface area (TPSA) is 26.0 Å². The van der Waals surface area contributed by atoms with Crippen molar-refractivity contribution in [1.29, 1.82) is 0 Å². The lowest BCUT2D eigenvalue weighted by Crippen LogP contribution is -2.16. The number of hydrogen-bond donors (Lipinski definition) is 1. The Bertz CT molecular complexity index is 380. The van der Waals surface area contributed by atoms with Gasteiger partial charge in [-0.05, 0) is 52.9 Å². The average Bonchev–Trinajstić information content (AvgIpc) is 2.33. The lowest BCUT2D eigenvalue weighted by molar-refractivity contribution is 0.357. The van der Waals surface area contributed by atoms with Crippen molar-refractivity contribution < 1.29 is 0 Å². The molecule has 1 aromatic rings. The third-order valence-corrected chi connectivity index (χ3v) is 5.85. The van der Waals surface area contributed by atoms with Crippen LogP contribution >= 0.6 is 27.7 Å². The Morgan fingerprint density at radius 1 is 1.41 bits per heavy atom. The summed E-state index contributed by atoms with van der Waals surface area (Å²) in [5.41, 5.74) is 6.59. The van der Waals surface area contributed by atoms with E-state index in [1.165, 1.54) is 37.0 Å². The van der Waals surface area contributed by atoms with E-state index in [-0.39, 0.29) is 0 Å². The molecule has 1 aromatic carbocycles. The fourth-order valence-corrected chi connectivity index (χ4v) is 4.52. The van der Waals surface area contributed by atoms with Crippen LogP contribution in [0.4, 0.5) is 5.69 Å². The molecule has 2 unspecified atom stereocenters. The summed E-state index contributed by atoms with van der Waals surface area (Å²) in [7, 11) is 0. The molecule has 0 spiro atoms. The van der Waals surface area contributed by atoms with Gasteiger partial charge >= 0.3 is 0 Å². The molecular formula is C14H20BrNS. The maximum absolute atomic E-state index is 5.76. The zero-order valence-corrected chi connectivity index (χ0v) is 12.7. The molecule has 1 aliphatic carbocycles. The van der Waals surface area contributed by atoms with Crippen LogP contribution in [0.2, 0.25) is 0 Å². The van der Waals surface area contributed by atoms with Gasteiger partial charge in [0.25, 0.3) is 0 Å². The van der Waals surface area contributed by atoms with Gasteiger partial charge in [-0.25, -0.2) is 0 Å². The summed E-state index contributed by atoms with van der Waals surface area (Å²) < 4.78 is 1.14. The van der Waals surface area contributed by atoms with Crippen LogP contribution in [-0.2, 0) is 0 Å². The van der Waals surface area contributed by atoms with Gasteiger partial charge in [0.2, 0.25) is 0 Å². The summed E-state index contributed by atoms with van der Waals surface area (Å²) in [6.07, 6.45) is 6.88. The van der Waals surface area contributed by atoms with Gasteiger partial charge in [-0.1, -0.05) is 26.2 Å². The standard InChI is InChI=1S/C14H20BrNS/c1-2-10-4-3-5-12(8-10)17-14-7-6-11(16)9-13(14)15/h6-7,9-10,12H,2-5,8,16H2,1H3. The number of rotatable bonds is 3. The molecular weight excluding hydrogens is 294 g/mol. The van der Waals surface area contributed by atoms with E-state index in [1.54, 1.807) is 0 Å². The average molecular weight is 314 g/mol. The Hall–Kier alpha value is -0.150. The van der Waals surface area contributed by atoms with Gasteiger partial charge in [0.1, 0.15) is 0 Å². The van der Waals surface area contributed by atoms with E-state index in [0.29, 0.717) is 0 Å². The molecule has 0 aromatic heterocycles. The predicted octanol–water partition coefficient (Wildman–Crippen LogP) is 5.09. The Labute approximate surface area is 117 Å². The van der Waals surface area contributed by atoms with Gasteiger partial charge in [-0.15, -0.1) is 11.8 Å². The van der Waals surface area contributed by atoms with Crippen molar-refractivity contribution in [3.63, 3.8) is 0 Å². The molecule has 0 aliphatic heterocycles. The predicted molar refractivity (Wildman–Crippen MR) is 80.4 cm³/mol. The minimum Gasteiger partial charge on any atom is -0.399 e. The first kappa shape index (κ1) is 13.3. The lowest BCUT2D eigenvalue weighted by Gasteiger charge is -2.28. The van der Waals surface area contributed by atoms with E-state index in [0.717, 1.165) is 21.3 Å². The third kappa shape index (κ3) is 3.65. The third-order valence-electron chi connectivity index (χ3n) is 3.56. The van der Waals surface area contributed by atoms with Crippen LogP contribution in [0.25, 0.3) is 0 Å². The second-order valence-corrected chi connectivity index (χ2v) is 7.07. The first-order chi connectivity index (χ1) is 8.19. The number of hydrogen-bond acceptors (Lipinski definition) is 2. The number of benzene rings is 1. The molecule has 17 heavy (non-hydrogen) atoms. The highest BCUT2D eigenvalue weighted by Crippen LogP contribution is 2.40. The zero-order valence-electron chi connectivity index (χ0n) is 10.3. The number of nitrogen functional groups attached to an aromatic ring is 1. The Morgan fingerprint density at radius 2 is 2.24 bits per heavy atom. The van der Waals surface area contributed by atoms with E-state index in [1.807, 2.05) is 23.9 Å². The summed E-state index contributed by atoms with van der Waals surface area (Å²) in [5.74, 6) is 0.939. The smallest absolute Gasteiger partial charge is 0.0331 e. The second kappa shape index (κ2) is 6.14. The SMILES string of the molecule is CCC1CCCC(Sc2ccc(N)cc2Br)C1. The van der Waals surface area contributed by atoms with Crippen molar-refractivity contribution in [2.45, 2.75) is 49.2 Å². The van der Waals surface area contributed by atoms with E-state index < -0.39 is 0 Å². The van der Waals surface area contributed by atoms with E-state index >= 15 is 0 Å². The van der Waals surface area contributed by atoms with Crippen LogP contribution in [0.5, 0.6) is 0 Å². The highest BCUT2D eigenvalue weighted by Gasteiger charge is 2.22. The largest absolute Gasteiger partial charge is 0.399 e. The summed E-state index contributed by atoms with van der Waals surface area (Å²) in [6.45, 7) is 2.32. The molecule has 2 N–H and O–H groups in total. The Balaban J connectivity index is 2.00. The quantitative estimate of drug-likeness (QED) is 0.786. The van der Waals surface area contributed by atoms with Crippen LogP contribution in [0.15, 0.2) is 27.6 Å². The molecule has 3 heteroatoms. The number of halogens is 1. The summed E-state index contributed by atoms with van der Waals surface area (Å²) in [6, 6.07) is 6.13. The van der Waals surface area contributed by atoms with E-state index in [9.17, 15) is 0 Å². The normalized spacial score (nSPS) is 24.8. The maximum Gasteiger partial charge on any atom is 0.0331 e. The maximum atomic E-state index is 5.76. The second-order valence-electron chi connectivity index (χ2n) is 4.87. The van der Waals surface area contributed by atoms with Crippen molar-refractivity contribution in [3.8, 4) is 0 Å². The fourth-order valence-electron chi connectivity index (χ4n) is 2.51. The molecule has 1 nitrogen and oxygen atoms in total. The van der Waals surface area contributed by atoms with Gasteiger partial charge in [0, 0.05) is 20.3 Å². The molecule has 0 bridgehead atoms. The first-order valence-corrected chi connectivity index (χ1v) is 8.08. The van der Waals surface area contributed by atoms with Crippen molar-refractivity contribution >= 4 is 33.4 Å². The highest BCUT2D eigenvalue weighted by molar-refractivity contribution is 9.10. The van der Waals surface area contributed by atoms with Crippen LogP contribution in [0.1, 0.15) is 39.0 Å². The van der Waals surface area contributed by atoms with Gasteiger partial charge in [-0.3, -0.25) is 0 Å². The molecule has 2 rings (SSSR count). The monoisotopic (exact) mass is 313 g/mol. The van der Waals surface area contributed by atoms with E-state index in [4.69, 9.17) is 5.73 Å². The molecule has 0 saturated heterocycles. The number of nitrogens with two attached hydrogens (primary N) is 1. The lowest BCUT2D eigenvalue weighted by atomic mass is 9.87. The van der Waals surface area contributed by atoms with Crippen LogP contribution < -0.4 is 5.73 Å². The van der Waals surface area contributed by atoms with E-state index in [2.05, 4.69) is 28.9 Å². The molecule has 1 aliphatic rings. The van der Waals surface area contributed by atoms with Crippen molar-refractivity contribution in [2.75, 3.05) is 5.73 Å². The van der Waals surface area contributed by atoms with Crippen LogP contribution in [0, 0.1) is 5.92 Å². The van der Waals surface area contributed by atoms with Gasteiger partial charge < -0.3 is 5.73 Å². The summed E-state index contributed by atoms with van der Waals surface area (Å²) >= 11 is 5.62. The van der Waals surface area contributed by atoms with Gasteiger partial charge in [-0.2, -0.15) is 0 Å². The molecule has 94 valence electrons. The first-order valence-electron chi connectivity index (χ1n) is 6.40. The number of thioether (sulfide) groups is 1. The highest BCUT2D eigenvalue weighted by atomic mass is 79.9. The van der Waals surface area contributed by atoms with Crippen LogP contribution in [0.3, 0.4) is 0 Å². The molecule has 1 fully saturated rings. The van der Waals surface area contributed by atoms with Crippen molar-refractivity contribution in [1.82, 2.24) is 0 Å². The molecule has 2 atom stereocenters. The molecule has 0 heterocycles. The zero-order chi connectivity index (χ0) is 12.3. The molecule has 0 amide bonds. The van der Waals surface area contributed by atoms with Gasteiger partial charge in [0.15, 0.2) is 0 Å². The molecule has 1 saturated carbocycles. The van der Waals surface area contributed by atoms with Crippen molar-refractivity contribution in [2.24, 2.45) is 5.92 Å². The minimum atomic E-state index is 0.786. The van der Waals surface area contributed by atoms with Gasteiger partial charge in [0.05, 0.1) is 0 Å². The van der Waals surface area contributed by atoms with Crippen molar-refractivity contribution in [3.05, 3.63) is 22.7 Å². The Morgan fingerprint density at radius 3 is 2.94 bits per heavy atom. The fraction of sp³-hybridized carbons (Fsp3) is 0.571.